The van der Waals surface area contributed by atoms with E-state index in [0.29, 0.717) is 18.0 Å². The molecular weight excluding hydrogens is 306 g/mol. The Hall–Kier alpha value is -2.40. The Kier molecular flexibility index (Phi) is 5.93. The van der Waals surface area contributed by atoms with E-state index in [1.807, 2.05) is 31.2 Å². The summed E-state index contributed by atoms with van der Waals surface area (Å²) in [4.78, 5) is 0. The van der Waals surface area contributed by atoms with Gasteiger partial charge in [0.15, 0.2) is 23.0 Å². The first-order valence-corrected chi connectivity index (χ1v) is 7.82. The molecule has 0 saturated heterocycles. The van der Waals surface area contributed by atoms with Gasteiger partial charge in [-0.05, 0) is 43.2 Å². The Balaban J connectivity index is 2.17. The average molecular weight is 331 g/mol. The Morgan fingerprint density at radius 1 is 1.00 bits per heavy atom. The molecule has 5 heteroatoms. The second-order valence-electron chi connectivity index (χ2n) is 5.63. The Labute approximate surface area is 143 Å². The number of phenolic OH excluding ortho intramolecular Hbond substituents is 1. The van der Waals surface area contributed by atoms with Crippen molar-refractivity contribution in [2.24, 2.45) is 0 Å². The van der Waals surface area contributed by atoms with Crippen LogP contribution in [0.25, 0.3) is 0 Å². The molecule has 2 aromatic rings. The molecule has 0 aliphatic carbocycles. The fourth-order valence-electron chi connectivity index (χ4n) is 2.71. The topological polar surface area (TPSA) is 60.0 Å². The third-order valence-corrected chi connectivity index (χ3v) is 4.14. The van der Waals surface area contributed by atoms with Crippen LogP contribution in [0.2, 0.25) is 0 Å². The molecular formula is C19H25NO4. The van der Waals surface area contributed by atoms with Gasteiger partial charge in [-0.15, -0.1) is 0 Å². The van der Waals surface area contributed by atoms with Crippen LogP contribution in [0.5, 0.6) is 23.0 Å². The quantitative estimate of drug-likeness (QED) is 0.812. The van der Waals surface area contributed by atoms with Gasteiger partial charge in [-0.25, -0.2) is 0 Å². The van der Waals surface area contributed by atoms with Crippen LogP contribution in [0, 0.1) is 6.92 Å². The average Bonchev–Trinajstić information content (AvgIpc) is 2.60. The SMILES string of the molecule is COc1cc(C)c([C@H](C)NCc2cccc(OC)c2O)cc1OC. The van der Waals surface area contributed by atoms with Crippen LogP contribution in [0.4, 0.5) is 0 Å². The number of rotatable bonds is 7. The van der Waals surface area contributed by atoms with Gasteiger partial charge < -0.3 is 24.6 Å². The molecule has 24 heavy (non-hydrogen) atoms. The zero-order valence-electron chi connectivity index (χ0n) is 14.8. The smallest absolute Gasteiger partial charge is 0.162 e. The van der Waals surface area contributed by atoms with Crippen LogP contribution >= 0.6 is 0 Å². The maximum absolute atomic E-state index is 10.2. The molecule has 0 fully saturated rings. The van der Waals surface area contributed by atoms with E-state index in [1.165, 1.54) is 0 Å². The third-order valence-electron chi connectivity index (χ3n) is 4.14. The van der Waals surface area contributed by atoms with E-state index in [1.54, 1.807) is 27.4 Å². The van der Waals surface area contributed by atoms with Gasteiger partial charge in [0.05, 0.1) is 21.3 Å². The standard InChI is InChI=1S/C19H25NO4/c1-12-9-17(23-4)18(24-5)10-15(12)13(2)20-11-14-7-6-8-16(22-3)19(14)21/h6-10,13,20-21H,11H2,1-5H3/t13-/m0/s1. The number of benzene rings is 2. The number of phenols is 1. The summed E-state index contributed by atoms with van der Waals surface area (Å²) >= 11 is 0. The summed E-state index contributed by atoms with van der Waals surface area (Å²) in [6.45, 7) is 4.64. The van der Waals surface area contributed by atoms with E-state index in [0.717, 1.165) is 22.4 Å². The maximum atomic E-state index is 10.2. The maximum Gasteiger partial charge on any atom is 0.162 e. The summed E-state index contributed by atoms with van der Waals surface area (Å²) in [6, 6.07) is 9.50. The van der Waals surface area contributed by atoms with Gasteiger partial charge in [-0.3, -0.25) is 0 Å². The molecule has 0 saturated carbocycles. The molecule has 0 spiro atoms. The van der Waals surface area contributed by atoms with Gasteiger partial charge in [0, 0.05) is 18.2 Å². The number of aromatic hydroxyl groups is 1. The molecule has 0 heterocycles. The van der Waals surface area contributed by atoms with Crippen LogP contribution < -0.4 is 19.5 Å². The zero-order chi connectivity index (χ0) is 17.7. The van der Waals surface area contributed by atoms with E-state index in [4.69, 9.17) is 14.2 Å². The summed E-state index contributed by atoms with van der Waals surface area (Å²) in [5.74, 6) is 2.07. The molecule has 5 nitrogen and oxygen atoms in total. The van der Waals surface area contributed by atoms with Crippen molar-refractivity contribution >= 4 is 0 Å². The fraction of sp³-hybridized carbons (Fsp3) is 0.368. The first kappa shape index (κ1) is 17.9. The number of nitrogens with one attached hydrogen (secondary N) is 1. The number of ether oxygens (including phenoxy) is 3. The second-order valence-corrected chi connectivity index (χ2v) is 5.63. The van der Waals surface area contributed by atoms with Crippen molar-refractivity contribution in [3.8, 4) is 23.0 Å². The molecule has 1 atom stereocenters. The summed E-state index contributed by atoms with van der Waals surface area (Å²) in [5.41, 5.74) is 3.02. The highest BCUT2D eigenvalue weighted by Crippen LogP contribution is 2.33. The van der Waals surface area contributed by atoms with Crippen LogP contribution in [0.3, 0.4) is 0 Å². The van der Waals surface area contributed by atoms with Crippen molar-refractivity contribution in [1.82, 2.24) is 5.32 Å². The lowest BCUT2D eigenvalue weighted by molar-refractivity contribution is 0.353. The molecule has 0 radical (unpaired) electrons. The van der Waals surface area contributed by atoms with Gasteiger partial charge in [0.2, 0.25) is 0 Å². The van der Waals surface area contributed by atoms with Crippen LogP contribution in [0.1, 0.15) is 29.7 Å². The zero-order valence-corrected chi connectivity index (χ0v) is 14.8. The molecule has 0 amide bonds. The molecule has 2 rings (SSSR count). The van der Waals surface area contributed by atoms with Gasteiger partial charge >= 0.3 is 0 Å². The van der Waals surface area contributed by atoms with E-state index in [-0.39, 0.29) is 11.8 Å². The van der Waals surface area contributed by atoms with Crippen molar-refractivity contribution in [3.63, 3.8) is 0 Å². The largest absolute Gasteiger partial charge is 0.504 e. The normalized spacial score (nSPS) is 11.9. The van der Waals surface area contributed by atoms with Crippen LogP contribution in [-0.2, 0) is 6.54 Å². The molecule has 130 valence electrons. The minimum atomic E-state index is 0.0791. The highest BCUT2D eigenvalue weighted by molar-refractivity contribution is 5.48. The predicted molar refractivity (Wildman–Crippen MR) is 94.2 cm³/mol. The minimum Gasteiger partial charge on any atom is -0.504 e. The molecule has 0 aliphatic heterocycles. The van der Waals surface area contributed by atoms with E-state index >= 15 is 0 Å². The van der Waals surface area contributed by atoms with Crippen molar-refractivity contribution in [2.75, 3.05) is 21.3 Å². The predicted octanol–water partition coefficient (Wildman–Crippen LogP) is 3.58. The highest BCUT2D eigenvalue weighted by Gasteiger charge is 2.15. The van der Waals surface area contributed by atoms with Gasteiger partial charge in [-0.1, -0.05) is 12.1 Å². The number of para-hydroxylation sites is 1. The monoisotopic (exact) mass is 331 g/mol. The molecule has 2 aromatic carbocycles. The van der Waals surface area contributed by atoms with E-state index in [2.05, 4.69) is 12.2 Å². The Bertz CT molecular complexity index is 700. The minimum absolute atomic E-state index is 0.0791. The second kappa shape index (κ2) is 7.93. The molecule has 2 N–H and O–H groups in total. The van der Waals surface area contributed by atoms with Crippen LogP contribution in [0.15, 0.2) is 30.3 Å². The van der Waals surface area contributed by atoms with Crippen molar-refractivity contribution in [1.29, 1.82) is 0 Å². The number of hydrogen-bond acceptors (Lipinski definition) is 5. The van der Waals surface area contributed by atoms with Crippen molar-refractivity contribution < 1.29 is 19.3 Å². The molecule has 0 aromatic heterocycles. The summed E-state index contributed by atoms with van der Waals surface area (Å²) in [7, 11) is 4.80. The lowest BCUT2D eigenvalue weighted by Gasteiger charge is -2.20. The van der Waals surface area contributed by atoms with Gasteiger partial charge in [0.1, 0.15) is 0 Å². The number of methoxy groups -OCH3 is 3. The Morgan fingerprint density at radius 2 is 1.62 bits per heavy atom. The number of hydrogen-bond donors (Lipinski definition) is 2. The highest BCUT2D eigenvalue weighted by atomic mass is 16.5. The lowest BCUT2D eigenvalue weighted by Crippen LogP contribution is -2.19. The lowest BCUT2D eigenvalue weighted by atomic mass is 10.0. The molecule has 0 aliphatic rings. The summed E-state index contributed by atoms with van der Waals surface area (Å²) in [6.07, 6.45) is 0. The Morgan fingerprint density at radius 3 is 2.25 bits per heavy atom. The summed E-state index contributed by atoms with van der Waals surface area (Å²) in [5, 5.41) is 13.6. The number of aryl methyl sites for hydroxylation is 1. The molecule has 0 unspecified atom stereocenters. The fourth-order valence-corrected chi connectivity index (χ4v) is 2.71. The van der Waals surface area contributed by atoms with E-state index < -0.39 is 0 Å². The first-order chi connectivity index (χ1) is 11.5. The van der Waals surface area contributed by atoms with Gasteiger partial charge in [-0.2, -0.15) is 0 Å². The third kappa shape index (κ3) is 3.74. The van der Waals surface area contributed by atoms with Crippen molar-refractivity contribution in [3.05, 3.63) is 47.0 Å². The van der Waals surface area contributed by atoms with Crippen molar-refractivity contribution in [2.45, 2.75) is 26.4 Å². The first-order valence-electron chi connectivity index (χ1n) is 7.82. The molecule has 0 bridgehead atoms. The van der Waals surface area contributed by atoms with E-state index in [9.17, 15) is 5.11 Å². The van der Waals surface area contributed by atoms with Gasteiger partial charge in [0.25, 0.3) is 0 Å². The van der Waals surface area contributed by atoms with Crippen LogP contribution in [-0.4, -0.2) is 26.4 Å². The summed E-state index contributed by atoms with van der Waals surface area (Å²) < 4.78 is 15.9.